The van der Waals surface area contributed by atoms with Crippen molar-refractivity contribution >= 4 is 27.5 Å². The molecule has 0 aliphatic rings. The van der Waals surface area contributed by atoms with Crippen molar-refractivity contribution in [3.8, 4) is 0 Å². The Kier molecular flexibility index (Phi) is 5.31. The maximum Gasteiger partial charge on any atom is 0.235 e. The van der Waals surface area contributed by atoms with Crippen molar-refractivity contribution in [3.63, 3.8) is 0 Å². The number of unbranched alkanes of at least 4 members (excludes halogenated alkanes) is 1. The van der Waals surface area contributed by atoms with Crippen molar-refractivity contribution in [1.82, 2.24) is 9.78 Å². The van der Waals surface area contributed by atoms with Gasteiger partial charge in [-0.15, -0.1) is 0 Å². The van der Waals surface area contributed by atoms with E-state index in [1.165, 1.54) is 0 Å². The summed E-state index contributed by atoms with van der Waals surface area (Å²) in [5, 5.41) is 6.96. The van der Waals surface area contributed by atoms with E-state index in [1.807, 2.05) is 0 Å². The number of rotatable bonds is 6. The summed E-state index contributed by atoms with van der Waals surface area (Å²) >= 11 is 3.05. The number of halogens is 2. The Morgan fingerprint density at radius 1 is 1.60 bits per heavy atom. The monoisotopic (exact) mass is 277 g/mol. The predicted molar refractivity (Wildman–Crippen MR) is 59.9 cm³/mol. The van der Waals surface area contributed by atoms with Crippen LogP contribution in [-0.2, 0) is 11.3 Å². The van der Waals surface area contributed by atoms with Crippen LogP contribution in [0.3, 0.4) is 0 Å². The third-order valence-electron chi connectivity index (χ3n) is 1.81. The van der Waals surface area contributed by atoms with E-state index in [1.54, 1.807) is 17.1 Å². The third kappa shape index (κ3) is 4.42. The predicted octanol–water partition coefficient (Wildman–Crippen LogP) is 1.97. The van der Waals surface area contributed by atoms with Gasteiger partial charge in [-0.1, -0.05) is 15.9 Å². The molecule has 0 spiro atoms. The second-order valence-electron chi connectivity index (χ2n) is 3.07. The standard InChI is InChI=1S/C9H13BrFN3O/c10-5-9(15)13-8-6-12-14(7-8)4-2-1-3-11/h6-7H,1-5H2,(H,13,15). The van der Waals surface area contributed by atoms with E-state index >= 15 is 0 Å². The minimum atomic E-state index is -0.297. The molecule has 84 valence electrons. The number of aryl methyl sites for hydroxylation is 1. The minimum absolute atomic E-state index is 0.113. The number of anilines is 1. The van der Waals surface area contributed by atoms with Crippen LogP contribution in [0.1, 0.15) is 12.8 Å². The average Bonchev–Trinajstić information content (AvgIpc) is 2.66. The van der Waals surface area contributed by atoms with Crippen LogP contribution in [0.2, 0.25) is 0 Å². The fourth-order valence-electron chi connectivity index (χ4n) is 1.11. The van der Waals surface area contributed by atoms with Gasteiger partial charge in [0, 0.05) is 12.7 Å². The first-order valence-corrected chi connectivity index (χ1v) is 5.82. The highest BCUT2D eigenvalue weighted by Gasteiger charge is 2.02. The lowest BCUT2D eigenvalue weighted by Gasteiger charge is -1.99. The van der Waals surface area contributed by atoms with E-state index in [9.17, 15) is 9.18 Å². The Hall–Kier alpha value is -0.910. The largest absolute Gasteiger partial charge is 0.323 e. The molecular formula is C9H13BrFN3O. The molecule has 0 aromatic carbocycles. The number of alkyl halides is 2. The molecule has 0 saturated heterocycles. The van der Waals surface area contributed by atoms with Crippen LogP contribution in [0.15, 0.2) is 12.4 Å². The lowest BCUT2D eigenvalue weighted by molar-refractivity contribution is -0.113. The molecule has 0 radical (unpaired) electrons. The summed E-state index contributed by atoms with van der Waals surface area (Å²) in [7, 11) is 0. The van der Waals surface area contributed by atoms with Crippen LogP contribution in [0.5, 0.6) is 0 Å². The summed E-state index contributed by atoms with van der Waals surface area (Å²) in [5.74, 6) is -0.113. The highest BCUT2D eigenvalue weighted by Crippen LogP contribution is 2.06. The molecule has 15 heavy (non-hydrogen) atoms. The Morgan fingerprint density at radius 3 is 3.07 bits per heavy atom. The molecule has 1 aromatic heterocycles. The van der Waals surface area contributed by atoms with Crippen molar-refractivity contribution in [2.75, 3.05) is 17.3 Å². The number of hydrogen-bond donors (Lipinski definition) is 1. The van der Waals surface area contributed by atoms with Crippen LogP contribution < -0.4 is 5.32 Å². The van der Waals surface area contributed by atoms with E-state index in [4.69, 9.17) is 0 Å². The van der Waals surface area contributed by atoms with E-state index < -0.39 is 0 Å². The van der Waals surface area contributed by atoms with Gasteiger partial charge in [-0.25, -0.2) is 0 Å². The van der Waals surface area contributed by atoms with Gasteiger partial charge in [-0.05, 0) is 12.8 Å². The van der Waals surface area contributed by atoms with Crippen LogP contribution >= 0.6 is 15.9 Å². The number of carbonyl (C=O) groups excluding carboxylic acids is 1. The summed E-state index contributed by atoms with van der Waals surface area (Å²) in [6, 6.07) is 0. The average molecular weight is 278 g/mol. The Bertz CT molecular complexity index is 316. The third-order valence-corrected chi connectivity index (χ3v) is 2.32. The smallest absolute Gasteiger partial charge is 0.235 e. The SMILES string of the molecule is O=C(CBr)Nc1cnn(CCCCF)c1. The maximum atomic E-state index is 11.8. The first-order valence-electron chi connectivity index (χ1n) is 4.70. The topological polar surface area (TPSA) is 46.9 Å². The molecule has 6 heteroatoms. The summed E-state index contributed by atoms with van der Waals surface area (Å²) in [4.78, 5) is 11.0. The Balaban J connectivity index is 2.38. The van der Waals surface area contributed by atoms with Gasteiger partial charge in [0.15, 0.2) is 0 Å². The lowest BCUT2D eigenvalue weighted by atomic mass is 10.3. The molecule has 1 aromatic rings. The second-order valence-corrected chi connectivity index (χ2v) is 3.63. The summed E-state index contributed by atoms with van der Waals surface area (Å²) in [6.45, 7) is 0.378. The molecule has 1 N–H and O–H groups in total. The molecule has 0 atom stereocenters. The number of hydrogen-bond acceptors (Lipinski definition) is 2. The van der Waals surface area contributed by atoms with Gasteiger partial charge < -0.3 is 5.32 Å². The molecule has 1 rings (SSSR count). The fraction of sp³-hybridized carbons (Fsp3) is 0.556. The summed E-state index contributed by atoms with van der Waals surface area (Å²) < 4.78 is 13.5. The van der Waals surface area contributed by atoms with Crippen molar-refractivity contribution in [2.45, 2.75) is 19.4 Å². The van der Waals surface area contributed by atoms with Crippen LogP contribution in [0.25, 0.3) is 0 Å². The number of nitrogens with zero attached hydrogens (tertiary/aromatic N) is 2. The van der Waals surface area contributed by atoms with Gasteiger partial charge in [0.1, 0.15) is 0 Å². The lowest BCUT2D eigenvalue weighted by Crippen LogP contribution is -2.11. The highest BCUT2D eigenvalue weighted by atomic mass is 79.9. The highest BCUT2D eigenvalue weighted by molar-refractivity contribution is 9.09. The first kappa shape index (κ1) is 12.2. The van der Waals surface area contributed by atoms with Crippen LogP contribution in [-0.4, -0.2) is 27.7 Å². The molecule has 4 nitrogen and oxygen atoms in total. The molecule has 0 unspecified atom stereocenters. The quantitative estimate of drug-likeness (QED) is 0.638. The molecule has 1 amide bonds. The molecule has 1 heterocycles. The minimum Gasteiger partial charge on any atom is -0.323 e. The van der Waals surface area contributed by atoms with Gasteiger partial charge in [0.2, 0.25) is 5.91 Å². The second kappa shape index (κ2) is 6.55. The van der Waals surface area contributed by atoms with Gasteiger partial charge in [-0.2, -0.15) is 5.10 Å². The molecule has 0 aliphatic heterocycles. The number of nitrogens with one attached hydrogen (secondary N) is 1. The zero-order valence-corrected chi connectivity index (χ0v) is 9.83. The molecular weight excluding hydrogens is 265 g/mol. The van der Waals surface area contributed by atoms with Gasteiger partial charge in [-0.3, -0.25) is 13.9 Å². The Labute approximate surface area is 96.0 Å². The molecule has 0 fully saturated rings. The number of aromatic nitrogens is 2. The van der Waals surface area contributed by atoms with Crippen molar-refractivity contribution in [1.29, 1.82) is 0 Å². The van der Waals surface area contributed by atoms with E-state index in [-0.39, 0.29) is 17.9 Å². The fourth-order valence-corrected chi connectivity index (χ4v) is 1.25. The van der Waals surface area contributed by atoms with E-state index in [0.717, 1.165) is 6.42 Å². The normalized spacial score (nSPS) is 10.3. The van der Waals surface area contributed by atoms with Crippen LogP contribution in [0, 0.1) is 0 Å². The first-order chi connectivity index (χ1) is 7.26. The Morgan fingerprint density at radius 2 is 2.40 bits per heavy atom. The summed E-state index contributed by atoms with van der Waals surface area (Å²) in [5.41, 5.74) is 0.666. The van der Waals surface area contributed by atoms with E-state index in [0.29, 0.717) is 18.7 Å². The van der Waals surface area contributed by atoms with Crippen molar-refractivity contribution in [3.05, 3.63) is 12.4 Å². The summed E-state index contributed by atoms with van der Waals surface area (Å²) in [6.07, 6.45) is 4.61. The van der Waals surface area contributed by atoms with Gasteiger partial charge >= 0.3 is 0 Å². The maximum absolute atomic E-state index is 11.8. The molecule has 0 saturated carbocycles. The van der Waals surface area contributed by atoms with Gasteiger partial charge in [0.05, 0.1) is 23.9 Å². The zero-order valence-electron chi connectivity index (χ0n) is 8.25. The molecule has 0 aliphatic carbocycles. The van der Waals surface area contributed by atoms with Gasteiger partial charge in [0.25, 0.3) is 0 Å². The van der Waals surface area contributed by atoms with E-state index in [2.05, 4.69) is 26.3 Å². The van der Waals surface area contributed by atoms with Crippen LogP contribution in [0.4, 0.5) is 10.1 Å². The number of amides is 1. The zero-order chi connectivity index (χ0) is 11.1. The van der Waals surface area contributed by atoms with Crippen molar-refractivity contribution in [2.24, 2.45) is 0 Å². The molecule has 0 bridgehead atoms. The van der Waals surface area contributed by atoms with Crippen molar-refractivity contribution < 1.29 is 9.18 Å². The number of carbonyl (C=O) groups is 1.